The minimum atomic E-state index is 0.101. The summed E-state index contributed by atoms with van der Waals surface area (Å²) in [4.78, 5) is 17.1. The highest BCUT2D eigenvalue weighted by molar-refractivity contribution is 5.94. The Balaban J connectivity index is 2.08. The highest BCUT2D eigenvalue weighted by Crippen LogP contribution is 2.23. The maximum atomic E-state index is 12.8. The lowest BCUT2D eigenvalue weighted by Crippen LogP contribution is -2.48. The molecule has 1 aromatic rings. The number of rotatable bonds is 8. The summed E-state index contributed by atoms with van der Waals surface area (Å²) in [5, 5.41) is 0. The van der Waals surface area contributed by atoms with E-state index >= 15 is 0 Å². The molecule has 1 saturated heterocycles. The van der Waals surface area contributed by atoms with Crippen LogP contribution in [0.15, 0.2) is 18.2 Å². The molecular formula is C20H32N2O3. The van der Waals surface area contributed by atoms with E-state index in [1.807, 2.05) is 30.0 Å². The van der Waals surface area contributed by atoms with E-state index in [0.717, 1.165) is 49.6 Å². The van der Waals surface area contributed by atoms with Gasteiger partial charge in [-0.25, -0.2) is 0 Å². The molecule has 2 rings (SSSR count). The number of hydrogen-bond donors (Lipinski definition) is 0. The standard InChI is InChI=1S/C20H32N2O3/c1-5-21-9-11-22(12-10-21)20(23)17-7-8-19(25-6-2)18(13-17)15-24-14-16(3)4/h7-8,13,16H,5-6,9-12,14-15H2,1-4H3. The maximum absolute atomic E-state index is 12.8. The first-order valence-electron chi connectivity index (χ1n) is 9.40. The van der Waals surface area contributed by atoms with Gasteiger partial charge < -0.3 is 19.3 Å². The van der Waals surface area contributed by atoms with Crippen LogP contribution in [-0.2, 0) is 11.3 Å². The first-order chi connectivity index (χ1) is 12.0. The zero-order valence-electron chi connectivity index (χ0n) is 16.1. The fourth-order valence-electron chi connectivity index (χ4n) is 2.98. The number of benzene rings is 1. The molecule has 0 radical (unpaired) electrons. The molecule has 1 aliphatic rings. The molecule has 0 spiro atoms. The number of carbonyl (C=O) groups excluding carboxylic acids is 1. The summed E-state index contributed by atoms with van der Waals surface area (Å²) in [6.45, 7) is 14.7. The topological polar surface area (TPSA) is 42.0 Å². The number of carbonyl (C=O) groups is 1. The van der Waals surface area contributed by atoms with Crippen LogP contribution < -0.4 is 4.74 Å². The Labute approximate surface area is 151 Å². The fraction of sp³-hybridized carbons (Fsp3) is 0.650. The summed E-state index contributed by atoms with van der Waals surface area (Å²) in [7, 11) is 0. The molecule has 1 fully saturated rings. The Morgan fingerprint density at radius 1 is 1.16 bits per heavy atom. The van der Waals surface area contributed by atoms with Crippen LogP contribution in [0, 0.1) is 5.92 Å². The zero-order valence-corrected chi connectivity index (χ0v) is 16.1. The number of amides is 1. The Kier molecular flexibility index (Phi) is 7.72. The second-order valence-electron chi connectivity index (χ2n) is 6.89. The van der Waals surface area contributed by atoms with E-state index in [4.69, 9.17) is 9.47 Å². The molecule has 0 aromatic heterocycles. The molecule has 5 heteroatoms. The lowest BCUT2D eigenvalue weighted by Gasteiger charge is -2.34. The van der Waals surface area contributed by atoms with E-state index in [9.17, 15) is 4.79 Å². The van der Waals surface area contributed by atoms with E-state index in [1.54, 1.807) is 0 Å². The van der Waals surface area contributed by atoms with Crippen molar-refractivity contribution in [3.63, 3.8) is 0 Å². The van der Waals surface area contributed by atoms with Crippen LogP contribution >= 0.6 is 0 Å². The molecule has 0 saturated carbocycles. The predicted octanol–water partition coefficient (Wildman–Crippen LogP) is 3.04. The van der Waals surface area contributed by atoms with Crippen molar-refractivity contribution in [2.75, 3.05) is 45.9 Å². The molecule has 0 bridgehead atoms. The highest BCUT2D eigenvalue weighted by atomic mass is 16.5. The monoisotopic (exact) mass is 348 g/mol. The molecule has 5 nitrogen and oxygen atoms in total. The van der Waals surface area contributed by atoms with Gasteiger partial charge >= 0.3 is 0 Å². The zero-order chi connectivity index (χ0) is 18.2. The molecule has 1 amide bonds. The van der Waals surface area contributed by atoms with Crippen LogP contribution in [0.1, 0.15) is 43.6 Å². The van der Waals surface area contributed by atoms with Gasteiger partial charge in [-0.1, -0.05) is 20.8 Å². The summed E-state index contributed by atoms with van der Waals surface area (Å²) in [5.74, 6) is 1.39. The first-order valence-corrected chi connectivity index (χ1v) is 9.40. The minimum absolute atomic E-state index is 0.101. The normalized spacial score (nSPS) is 15.6. The van der Waals surface area contributed by atoms with Gasteiger partial charge in [0.2, 0.25) is 0 Å². The van der Waals surface area contributed by atoms with Gasteiger partial charge in [0.15, 0.2) is 0 Å². The average molecular weight is 348 g/mol. The molecule has 1 aromatic carbocycles. The molecular weight excluding hydrogens is 316 g/mol. The Bertz CT molecular complexity index is 552. The van der Waals surface area contributed by atoms with Gasteiger partial charge in [0.1, 0.15) is 5.75 Å². The van der Waals surface area contributed by atoms with Crippen LogP contribution in [0.2, 0.25) is 0 Å². The number of nitrogens with zero attached hydrogens (tertiary/aromatic N) is 2. The average Bonchev–Trinajstić information content (AvgIpc) is 2.62. The smallest absolute Gasteiger partial charge is 0.253 e. The highest BCUT2D eigenvalue weighted by Gasteiger charge is 2.22. The third-order valence-corrected chi connectivity index (χ3v) is 4.42. The van der Waals surface area contributed by atoms with Crippen molar-refractivity contribution in [1.29, 1.82) is 0 Å². The number of ether oxygens (including phenoxy) is 2. The van der Waals surface area contributed by atoms with Crippen molar-refractivity contribution in [3.8, 4) is 5.75 Å². The SMILES string of the molecule is CCOc1ccc(C(=O)N2CCN(CC)CC2)cc1COCC(C)C. The van der Waals surface area contributed by atoms with Gasteiger partial charge in [0, 0.05) is 43.9 Å². The van der Waals surface area contributed by atoms with Crippen LogP contribution in [0.3, 0.4) is 0 Å². The lowest BCUT2D eigenvalue weighted by molar-refractivity contribution is 0.0642. The Morgan fingerprint density at radius 3 is 2.48 bits per heavy atom. The van der Waals surface area contributed by atoms with Gasteiger partial charge in [-0.3, -0.25) is 4.79 Å². The van der Waals surface area contributed by atoms with Gasteiger partial charge in [-0.15, -0.1) is 0 Å². The van der Waals surface area contributed by atoms with Gasteiger partial charge in [-0.2, -0.15) is 0 Å². The summed E-state index contributed by atoms with van der Waals surface area (Å²) < 4.78 is 11.5. The van der Waals surface area contributed by atoms with E-state index < -0.39 is 0 Å². The van der Waals surface area contributed by atoms with Crippen molar-refractivity contribution in [2.24, 2.45) is 5.92 Å². The van der Waals surface area contributed by atoms with Crippen molar-refractivity contribution in [2.45, 2.75) is 34.3 Å². The van der Waals surface area contributed by atoms with Crippen LogP contribution in [0.4, 0.5) is 0 Å². The van der Waals surface area contributed by atoms with Crippen LogP contribution in [0.25, 0.3) is 0 Å². The quantitative estimate of drug-likeness (QED) is 0.724. The predicted molar refractivity (Wildman–Crippen MR) is 100 cm³/mol. The summed E-state index contributed by atoms with van der Waals surface area (Å²) in [6, 6.07) is 5.69. The first kappa shape index (κ1) is 19.7. The van der Waals surface area contributed by atoms with Crippen molar-refractivity contribution < 1.29 is 14.3 Å². The molecule has 0 atom stereocenters. The second kappa shape index (κ2) is 9.78. The second-order valence-corrected chi connectivity index (χ2v) is 6.89. The summed E-state index contributed by atoms with van der Waals surface area (Å²) >= 11 is 0. The lowest BCUT2D eigenvalue weighted by atomic mass is 10.1. The summed E-state index contributed by atoms with van der Waals surface area (Å²) in [5.41, 5.74) is 1.66. The van der Waals surface area contributed by atoms with E-state index in [-0.39, 0.29) is 5.91 Å². The third-order valence-electron chi connectivity index (χ3n) is 4.42. The van der Waals surface area contributed by atoms with Crippen LogP contribution in [-0.4, -0.2) is 61.6 Å². The Morgan fingerprint density at radius 2 is 1.88 bits per heavy atom. The molecule has 0 N–H and O–H groups in total. The van der Waals surface area contributed by atoms with Crippen LogP contribution in [0.5, 0.6) is 5.75 Å². The molecule has 25 heavy (non-hydrogen) atoms. The summed E-state index contributed by atoms with van der Waals surface area (Å²) in [6.07, 6.45) is 0. The van der Waals surface area contributed by atoms with Crippen molar-refractivity contribution >= 4 is 5.91 Å². The van der Waals surface area contributed by atoms with Crippen molar-refractivity contribution in [3.05, 3.63) is 29.3 Å². The van der Waals surface area contributed by atoms with E-state index in [0.29, 0.717) is 25.7 Å². The maximum Gasteiger partial charge on any atom is 0.253 e. The van der Waals surface area contributed by atoms with Gasteiger partial charge in [0.05, 0.1) is 13.2 Å². The number of hydrogen-bond acceptors (Lipinski definition) is 4. The van der Waals surface area contributed by atoms with Gasteiger partial charge in [0.25, 0.3) is 5.91 Å². The molecule has 1 heterocycles. The third kappa shape index (κ3) is 5.72. The molecule has 1 aliphatic heterocycles. The van der Waals surface area contributed by atoms with E-state index in [2.05, 4.69) is 25.7 Å². The largest absolute Gasteiger partial charge is 0.494 e. The number of likely N-dealkylation sites (N-methyl/N-ethyl adjacent to an activating group) is 1. The fourth-order valence-corrected chi connectivity index (χ4v) is 2.98. The molecule has 140 valence electrons. The minimum Gasteiger partial charge on any atom is -0.494 e. The molecule has 0 unspecified atom stereocenters. The van der Waals surface area contributed by atoms with E-state index in [1.165, 1.54) is 0 Å². The number of piperazine rings is 1. The Hall–Kier alpha value is -1.59. The molecule has 0 aliphatic carbocycles. The van der Waals surface area contributed by atoms with Crippen molar-refractivity contribution in [1.82, 2.24) is 9.80 Å². The van der Waals surface area contributed by atoms with Gasteiger partial charge in [-0.05, 0) is 37.6 Å².